The Labute approximate surface area is 148 Å². The highest BCUT2D eigenvalue weighted by atomic mass is 16.3. The van der Waals surface area contributed by atoms with Crippen molar-refractivity contribution in [2.24, 2.45) is 5.92 Å². The number of amides is 1. The van der Waals surface area contributed by atoms with E-state index in [4.69, 9.17) is 5.26 Å². The van der Waals surface area contributed by atoms with Crippen molar-refractivity contribution in [3.8, 4) is 22.9 Å². The van der Waals surface area contributed by atoms with Gasteiger partial charge in [0.15, 0.2) is 0 Å². The van der Waals surface area contributed by atoms with Crippen LogP contribution in [0.3, 0.4) is 0 Å². The van der Waals surface area contributed by atoms with Crippen molar-refractivity contribution < 1.29 is 9.90 Å². The summed E-state index contributed by atoms with van der Waals surface area (Å²) in [4.78, 5) is 12.5. The van der Waals surface area contributed by atoms with Crippen molar-refractivity contribution in [2.75, 3.05) is 6.54 Å². The third-order valence-electron chi connectivity index (χ3n) is 4.98. The van der Waals surface area contributed by atoms with Crippen molar-refractivity contribution in [2.45, 2.75) is 31.6 Å². The average Bonchev–Trinajstić information content (AvgIpc) is 2.67. The molecule has 1 aliphatic carbocycles. The van der Waals surface area contributed by atoms with E-state index >= 15 is 0 Å². The molecule has 4 nitrogen and oxygen atoms in total. The van der Waals surface area contributed by atoms with Gasteiger partial charge in [0.25, 0.3) is 0 Å². The van der Waals surface area contributed by atoms with Crippen LogP contribution < -0.4 is 5.32 Å². The summed E-state index contributed by atoms with van der Waals surface area (Å²) in [5.41, 5.74) is 3.31. The van der Waals surface area contributed by atoms with E-state index in [1.165, 1.54) is 5.56 Å². The second-order valence-corrected chi connectivity index (χ2v) is 6.51. The largest absolute Gasteiger partial charge is 0.508 e. The molecule has 0 radical (unpaired) electrons. The van der Waals surface area contributed by atoms with Crippen LogP contribution >= 0.6 is 0 Å². The molecule has 0 aliphatic heterocycles. The predicted molar refractivity (Wildman–Crippen MR) is 96.9 cm³/mol. The molecular weight excluding hydrogens is 312 g/mol. The predicted octanol–water partition coefficient (Wildman–Crippen LogP) is 3.97. The Morgan fingerprint density at radius 3 is 2.60 bits per heavy atom. The molecule has 1 amide bonds. The number of carbonyl (C=O) groups is 1. The monoisotopic (exact) mass is 334 g/mol. The van der Waals surface area contributed by atoms with Gasteiger partial charge in [-0.2, -0.15) is 5.26 Å². The van der Waals surface area contributed by atoms with Crippen LogP contribution in [0.15, 0.2) is 48.5 Å². The lowest BCUT2D eigenvalue weighted by molar-refractivity contribution is -0.126. The lowest BCUT2D eigenvalue weighted by Crippen LogP contribution is -2.36. The van der Waals surface area contributed by atoms with E-state index in [2.05, 4.69) is 17.4 Å². The minimum Gasteiger partial charge on any atom is -0.508 e. The third kappa shape index (κ3) is 3.83. The summed E-state index contributed by atoms with van der Waals surface area (Å²) in [6, 6.07) is 17.3. The molecule has 0 bridgehead atoms. The lowest BCUT2D eigenvalue weighted by atomic mass is 9.73. The number of phenols is 1. The van der Waals surface area contributed by atoms with Crippen molar-refractivity contribution in [3.63, 3.8) is 0 Å². The average molecular weight is 334 g/mol. The first-order chi connectivity index (χ1) is 12.2. The van der Waals surface area contributed by atoms with Crippen LogP contribution in [0.1, 0.15) is 37.2 Å². The van der Waals surface area contributed by atoms with Gasteiger partial charge >= 0.3 is 0 Å². The van der Waals surface area contributed by atoms with Crippen LogP contribution in [0, 0.1) is 17.2 Å². The van der Waals surface area contributed by atoms with Gasteiger partial charge in [-0.25, -0.2) is 0 Å². The maximum Gasteiger partial charge on any atom is 0.224 e. The zero-order valence-corrected chi connectivity index (χ0v) is 14.1. The van der Waals surface area contributed by atoms with Crippen LogP contribution in [-0.4, -0.2) is 17.6 Å². The number of hydrogen-bond donors (Lipinski definition) is 2. The highest BCUT2D eigenvalue weighted by Gasteiger charge is 2.33. The summed E-state index contributed by atoms with van der Waals surface area (Å²) >= 11 is 0. The molecule has 0 aromatic heterocycles. The van der Waals surface area contributed by atoms with Crippen molar-refractivity contribution >= 4 is 5.91 Å². The molecule has 4 heteroatoms. The van der Waals surface area contributed by atoms with Crippen LogP contribution in [0.25, 0.3) is 11.1 Å². The molecular formula is C21H22N2O2. The third-order valence-corrected chi connectivity index (χ3v) is 4.98. The zero-order valence-electron chi connectivity index (χ0n) is 14.1. The first kappa shape index (κ1) is 17.0. The summed E-state index contributed by atoms with van der Waals surface area (Å²) in [5.74, 6) is 0.275. The molecule has 2 N–H and O–H groups in total. The highest BCUT2D eigenvalue weighted by Crippen LogP contribution is 2.42. The molecule has 0 spiro atoms. The Kier molecular flexibility index (Phi) is 5.35. The van der Waals surface area contributed by atoms with Crippen LogP contribution in [0.5, 0.6) is 5.75 Å². The summed E-state index contributed by atoms with van der Waals surface area (Å²) in [5, 5.41) is 21.0. The van der Waals surface area contributed by atoms with Gasteiger partial charge in [-0.1, -0.05) is 49.2 Å². The molecule has 2 aromatic carbocycles. The quantitative estimate of drug-likeness (QED) is 0.831. The van der Waals surface area contributed by atoms with E-state index in [9.17, 15) is 9.90 Å². The molecule has 0 heterocycles. The highest BCUT2D eigenvalue weighted by molar-refractivity contribution is 5.81. The molecule has 0 saturated heterocycles. The zero-order chi connectivity index (χ0) is 17.6. The number of phenolic OH excluding ortho intramolecular Hbond substituents is 1. The summed E-state index contributed by atoms with van der Waals surface area (Å²) in [6.07, 6.45) is 3.98. The van der Waals surface area contributed by atoms with Gasteiger partial charge in [0.2, 0.25) is 5.91 Å². The Morgan fingerprint density at radius 2 is 1.84 bits per heavy atom. The van der Waals surface area contributed by atoms with Gasteiger partial charge in [0, 0.05) is 5.92 Å². The molecule has 2 unspecified atom stereocenters. The van der Waals surface area contributed by atoms with E-state index in [0.29, 0.717) is 0 Å². The van der Waals surface area contributed by atoms with E-state index in [1.54, 1.807) is 12.1 Å². The van der Waals surface area contributed by atoms with Crippen molar-refractivity contribution in [3.05, 3.63) is 54.1 Å². The second kappa shape index (κ2) is 7.85. The Morgan fingerprint density at radius 1 is 1.12 bits per heavy atom. The van der Waals surface area contributed by atoms with Crippen LogP contribution in [0.4, 0.5) is 0 Å². The van der Waals surface area contributed by atoms with Gasteiger partial charge in [-0.3, -0.25) is 4.79 Å². The number of benzene rings is 2. The van der Waals surface area contributed by atoms with Crippen LogP contribution in [-0.2, 0) is 4.79 Å². The smallest absolute Gasteiger partial charge is 0.224 e. The summed E-state index contributed by atoms with van der Waals surface area (Å²) < 4.78 is 0. The molecule has 2 atom stereocenters. The fraction of sp³-hybridized carbons (Fsp3) is 0.333. The second-order valence-electron chi connectivity index (χ2n) is 6.51. The van der Waals surface area contributed by atoms with Crippen molar-refractivity contribution in [1.82, 2.24) is 5.32 Å². The first-order valence-electron chi connectivity index (χ1n) is 8.73. The van der Waals surface area contributed by atoms with Crippen LogP contribution in [0.2, 0.25) is 0 Å². The van der Waals surface area contributed by atoms with E-state index < -0.39 is 0 Å². The molecule has 1 saturated carbocycles. The SMILES string of the molecule is N#CCNC(=O)C1CCCCC1c1ccccc1-c1ccc(O)cc1. The van der Waals surface area contributed by atoms with Crippen molar-refractivity contribution in [1.29, 1.82) is 5.26 Å². The van der Waals surface area contributed by atoms with E-state index in [0.717, 1.165) is 36.8 Å². The maximum atomic E-state index is 12.5. The summed E-state index contributed by atoms with van der Waals surface area (Å²) in [7, 11) is 0. The summed E-state index contributed by atoms with van der Waals surface area (Å²) in [6.45, 7) is 0.0572. The molecule has 3 rings (SSSR count). The number of nitrogens with one attached hydrogen (secondary N) is 1. The van der Waals surface area contributed by atoms with E-state index in [-0.39, 0.29) is 30.0 Å². The minimum absolute atomic E-state index is 0.0215. The Bertz CT molecular complexity index is 777. The number of aromatic hydroxyl groups is 1. The molecule has 1 fully saturated rings. The van der Waals surface area contributed by atoms with E-state index in [1.807, 2.05) is 30.3 Å². The normalized spacial score (nSPS) is 19.8. The maximum absolute atomic E-state index is 12.5. The Hall–Kier alpha value is -2.80. The standard InChI is InChI=1S/C21H22N2O2/c22-13-14-23-21(25)20-8-4-3-7-19(20)18-6-2-1-5-17(18)15-9-11-16(24)12-10-15/h1-2,5-6,9-12,19-20,24H,3-4,7-8,14H2,(H,23,25). The first-order valence-corrected chi connectivity index (χ1v) is 8.73. The number of carbonyl (C=O) groups excluding carboxylic acids is 1. The van der Waals surface area contributed by atoms with Gasteiger partial charge in [-0.05, 0) is 47.6 Å². The number of nitriles is 1. The fourth-order valence-corrected chi connectivity index (χ4v) is 3.80. The molecule has 2 aromatic rings. The minimum atomic E-state index is -0.0969. The molecule has 25 heavy (non-hydrogen) atoms. The molecule has 1 aliphatic rings. The molecule has 128 valence electrons. The topological polar surface area (TPSA) is 73.1 Å². The van der Waals surface area contributed by atoms with Gasteiger partial charge < -0.3 is 10.4 Å². The van der Waals surface area contributed by atoms with Gasteiger partial charge in [0.05, 0.1) is 6.07 Å². The number of hydrogen-bond acceptors (Lipinski definition) is 3. The fourth-order valence-electron chi connectivity index (χ4n) is 3.80. The Balaban J connectivity index is 1.95. The number of rotatable bonds is 4. The number of nitrogens with zero attached hydrogens (tertiary/aromatic N) is 1. The lowest BCUT2D eigenvalue weighted by Gasteiger charge is -2.32. The van der Waals surface area contributed by atoms with Gasteiger partial charge in [0.1, 0.15) is 12.3 Å². The van der Waals surface area contributed by atoms with Gasteiger partial charge in [-0.15, -0.1) is 0 Å².